The summed E-state index contributed by atoms with van der Waals surface area (Å²) in [7, 11) is 0. The van der Waals surface area contributed by atoms with E-state index < -0.39 is 0 Å². The quantitative estimate of drug-likeness (QED) is 0.678. The normalized spacial score (nSPS) is 8.36. The molecule has 0 amide bonds. The molecule has 0 spiro atoms. The Hall–Kier alpha value is -0.570. The predicted molar refractivity (Wildman–Crippen MR) is 52.4 cm³/mol. The number of halogens is 1. The highest BCUT2D eigenvalue weighted by molar-refractivity contribution is 9.10. The van der Waals surface area contributed by atoms with Crippen LogP contribution < -0.4 is 5.73 Å². The van der Waals surface area contributed by atoms with Crippen molar-refractivity contribution in [2.45, 2.75) is 20.8 Å². The van der Waals surface area contributed by atoms with E-state index in [1.54, 1.807) is 6.07 Å². The Morgan fingerprint density at radius 1 is 1.36 bits per heavy atom. The first-order valence-electron chi connectivity index (χ1n) is 3.59. The van der Waals surface area contributed by atoms with Crippen LogP contribution in [0.4, 0.5) is 5.82 Å². The molecule has 2 nitrogen and oxygen atoms in total. The second kappa shape index (κ2) is 5.13. The van der Waals surface area contributed by atoms with E-state index in [0.29, 0.717) is 5.82 Å². The molecule has 0 bridgehead atoms. The van der Waals surface area contributed by atoms with Gasteiger partial charge in [-0.25, -0.2) is 4.98 Å². The zero-order valence-electron chi connectivity index (χ0n) is 7.06. The topological polar surface area (TPSA) is 38.9 Å². The van der Waals surface area contributed by atoms with E-state index in [1.165, 1.54) is 0 Å². The maximum absolute atomic E-state index is 5.39. The number of nitrogens with zero attached hydrogens (tertiary/aromatic N) is 1. The van der Waals surface area contributed by atoms with Crippen molar-refractivity contribution in [2.24, 2.45) is 0 Å². The van der Waals surface area contributed by atoms with Gasteiger partial charge in [0, 0.05) is 0 Å². The van der Waals surface area contributed by atoms with E-state index in [1.807, 2.05) is 26.8 Å². The first-order chi connectivity index (χ1) is 5.20. The van der Waals surface area contributed by atoms with Crippen molar-refractivity contribution >= 4 is 21.7 Å². The van der Waals surface area contributed by atoms with Crippen LogP contribution in [0, 0.1) is 6.92 Å². The summed E-state index contributed by atoms with van der Waals surface area (Å²) in [5, 5.41) is 0. The maximum Gasteiger partial charge on any atom is 0.124 e. The van der Waals surface area contributed by atoms with Crippen LogP contribution in [-0.4, -0.2) is 4.98 Å². The Labute approximate surface area is 76.0 Å². The lowest BCUT2D eigenvalue weighted by molar-refractivity contribution is 1.23. The molecule has 0 aliphatic rings. The van der Waals surface area contributed by atoms with Gasteiger partial charge in [-0.05, 0) is 34.5 Å². The lowest BCUT2D eigenvalue weighted by Gasteiger charge is -1.95. The fourth-order valence-electron chi connectivity index (χ4n) is 0.518. The van der Waals surface area contributed by atoms with E-state index >= 15 is 0 Å². The van der Waals surface area contributed by atoms with Gasteiger partial charge in [-0.15, -0.1) is 0 Å². The SMILES string of the molecule is CC.Cc1ccc(N)nc1Br. The fraction of sp³-hybridized carbons (Fsp3) is 0.375. The summed E-state index contributed by atoms with van der Waals surface area (Å²) in [5.74, 6) is 0.549. The van der Waals surface area contributed by atoms with E-state index in [-0.39, 0.29) is 0 Å². The standard InChI is InChI=1S/C6H7BrN2.C2H6/c1-4-2-3-5(8)9-6(4)7;1-2/h2-3H,1H3,(H2,8,9);1-2H3. The second-order valence-electron chi connectivity index (χ2n) is 1.84. The van der Waals surface area contributed by atoms with Crippen molar-refractivity contribution in [1.82, 2.24) is 4.98 Å². The van der Waals surface area contributed by atoms with Crippen molar-refractivity contribution in [3.05, 3.63) is 22.3 Å². The van der Waals surface area contributed by atoms with Crippen molar-refractivity contribution in [2.75, 3.05) is 5.73 Å². The van der Waals surface area contributed by atoms with E-state index in [4.69, 9.17) is 5.73 Å². The Balaban J connectivity index is 0.000000461. The molecule has 0 saturated carbocycles. The number of rotatable bonds is 0. The third kappa shape index (κ3) is 3.37. The van der Waals surface area contributed by atoms with Crippen molar-refractivity contribution in [3.8, 4) is 0 Å². The number of hydrogen-bond donors (Lipinski definition) is 1. The summed E-state index contributed by atoms with van der Waals surface area (Å²) in [5.41, 5.74) is 6.49. The molecule has 0 atom stereocenters. The van der Waals surface area contributed by atoms with Crippen LogP contribution in [0.5, 0.6) is 0 Å². The summed E-state index contributed by atoms with van der Waals surface area (Å²) in [4.78, 5) is 3.97. The Bertz CT molecular complexity index is 223. The van der Waals surface area contributed by atoms with E-state index in [0.717, 1.165) is 10.2 Å². The minimum Gasteiger partial charge on any atom is -0.384 e. The molecule has 3 heteroatoms. The first-order valence-corrected chi connectivity index (χ1v) is 4.38. The average molecular weight is 217 g/mol. The van der Waals surface area contributed by atoms with Crippen molar-refractivity contribution < 1.29 is 0 Å². The molecule has 11 heavy (non-hydrogen) atoms. The maximum atomic E-state index is 5.39. The third-order valence-corrected chi connectivity index (χ3v) is 1.86. The van der Waals surface area contributed by atoms with Gasteiger partial charge in [-0.1, -0.05) is 19.9 Å². The van der Waals surface area contributed by atoms with E-state index in [2.05, 4.69) is 20.9 Å². The lowest BCUT2D eigenvalue weighted by atomic mass is 10.3. The molecule has 1 rings (SSSR count). The molecule has 1 heterocycles. The molecule has 0 saturated heterocycles. The van der Waals surface area contributed by atoms with Crippen LogP contribution in [0.3, 0.4) is 0 Å². The molecule has 1 aromatic rings. The predicted octanol–water partition coefficient (Wildman–Crippen LogP) is 2.76. The summed E-state index contributed by atoms with van der Waals surface area (Å²) in [6.07, 6.45) is 0. The monoisotopic (exact) mass is 216 g/mol. The highest BCUT2D eigenvalue weighted by Crippen LogP contribution is 2.13. The molecule has 0 radical (unpaired) electrons. The van der Waals surface area contributed by atoms with Crippen LogP contribution in [0.15, 0.2) is 16.7 Å². The molecule has 0 fully saturated rings. The smallest absolute Gasteiger partial charge is 0.124 e. The van der Waals surface area contributed by atoms with Crippen LogP contribution in [-0.2, 0) is 0 Å². The zero-order chi connectivity index (χ0) is 8.85. The zero-order valence-corrected chi connectivity index (χ0v) is 8.64. The van der Waals surface area contributed by atoms with Gasteiger partial charge in [-0.3, -0.25) is 0 Å². The molecule has 62 valence electrons. The van der Waals surface area contributed by atoms with Gasteiger partial charge in [0.2, 0.25) is 0 Å². The van der Waals surface area contributed by atoms with Crippen LogP contribution >= 0.6 is 15.9 Å². The molecule has 0 unspecified atom stereocenters. The van der Waals surface area contributed by atoms with Crippen molar-refractivity contribution in [1.29, 1.82) is 0 Å². The molecule has 0 aliphatic heterocycles. The number of aryl methyl sites for hydroxylation is 1. The lowest BCUT2D eigenvalue weighted by Crippen LogP contribution is -1.90. The summed E-state index contributed by atoms with van der Waals surface area (Å²) in [6.45, 7) is 5.97. The highest BCUT2D eigenvalue weighted by atomic mass is 79.9. The number of aromatic nitrogens is 1. The van der Waals surface area contributed by atoms with Gasteiger partial charge in [0.05, 0.1) is 0 Å². The molecule has 0 aliphatic carbocycles. The Kier molecular flexibility index (Phi) is 4.86. The number of hydrogen-bond acceptors (Lipinski definition) is 2. The molecule has 1 aromatic heterocycles. The number of anilines is 1. The molecular formula is C8H13BrN2. The van der Waals surface area contributed by atoms with Gasteiger partial charge >= 0.3 is 0 Å². The van der Waals surface area contributed by atoms with Crippen LogP contribution in [0.1, 0.15) is 19.4 Å². The van der Waals surface area contributed by atoms with Gasteiger partial charge in [0.25, 0.3) is 0 Å². The largest absolute Gasteiger partial charge is 0.384 e. The average Bonchev–Trinajstić information content (AvgIpc) is 2.02. The van der Waals surface area contributed by atoms with Gasteiger partial charge in [0.15, 0.2) is 0 Å². The third-order valence-electron chi connectivity index (χ3n) is 1.06. The summed E-state index contributed by atoms with van der Waals surface area (Å²) in [6, 6.07) is 3.70. The number of pyridine rings is 1. The van der Waals surface area contributed by atoms with Crippen LogP contribution in [0.2, 0.25) is 0 Å². The highest BCUT2D eigenvalue weighted by Gasteiger charge is 1.93. The minimum atomic E-state index is 0.549. The Morgan fingerprint density at radius 3 is 2.27 bits per heavy atom. The Morgan fingerprint density at radius 2 is 1.91 bits per heavy atom. The number of nitrogens with two attached hydrogens (primary N) is 1. The fourth-order valence-corrected chi connectivity index (χ4v) is 0.855. The van der Waals surface area contributed by atoms with Gasteiger partial charge in [0.1, 0.15) is 10.4 Å². The minimum absolute atomic E-state index is 0.549. The van der Waals surface area contributed by atoms with E-state index in [9.17, 15) is 0 Å². The second-order valence-corrected chi connectivity index (χ2v) is 2.59. The van der Waals surface area contributed by atoms with Gasteiger partial charge < -0.3 is 5.73 Å². The molecule has 0 aromatic carbocycles. The van der Waals surface area contributed by atoms with Gasteiger partial charge in [-0.2, -0.15) is 0 Å². The molecule has 2 N–H and O–H groups in total. The van der Waals surface area contributed by atoms with Crippen LogP contribution in [0.25, 0.3) is 0 Å². The molecular weight excluding hydrogens is 204 g/mol. The first kappa shape index (κ1) is 10.4. The summed E-state index contributed by atoms with van der Waals surface area (Å²) >= 11 is 3.25. The van der Waals surface area contributed by atoms with Crippen molar-refractivity contribution in [3.63, 3.8) is 0 Å². The summed E-state index contributed by atoms with van der Waals surface area (Å²) < 4.78 is 0.822. The number of nitrogen functional groups attached to an aromatic ring is 1.